The number of aryl methyl sites for hydroxylation is 1. The molecule has 0 fully saturated rings. The Morgan fingerprint density at radius 3 is 2.77 bits per heavy atom. The van der Waals surface area contributed by atoms with Crippen molar-refractivity contribution in [2.24, 2.45) is 0 Å². The zero-order chi connectivity index (χ0) is 9.68. The molecule has 0 saturated carbocycles. The van der Waals surface area contributed by atoms with Gasteiger partial charge in [0.2, 0.25) is 0 Å². The van der Waals surface area contributed by atoms with E-state index in [1.54, 1.807) is 0 Å². The average molecular weight is 181 g/mol. The van der Waals surface area contributed by atoms with Gasteiger partial charge >= 0.3 is 0 Å². The predicted molar refractivity (Wildman–Crippen MR) is 54.8 cm³/mol. The molecular weight excluding hydrogens is 162 g/mol. The van der Waals surface area contributed by atoms with Gasteiger partial charge in [-0.25, -0.2) is 0 Å². The summed E-state index contributed by atoms with van der Waals surface area (Å²) in [7, 11) is 0. The van der Waals surface area contributed by atoms with Crippen molar-refractivity contribution < 1.29 is 0 Å². The maximum absolute atomic E-state index is 4.41. The van der Waals surface area contributed by atoms with Crippen LogP contribution >= 0.6 is 0 Å². The number of likely N-dealkylation sites (N-methyl/N-ethyl adjacent to an activating group) is 1. The molecule has 0 bridgehead atoms. The summed E-state index contributed by atoms with van der Waals surface area (Å²) in [6, 6.07) is 2.54. The van der Waals surface area contributed by atoms with Crippen molar-refractivity contribution in [1.29, 1.82) is 0 Å². The van der Waals surface area contributed by atoms with Gasteiger partial charge in [0.1, 0.15) is 0 Å². The molecule has 74 valence electrons. The molecule has 1 atom stereocenters. The van der Waals surface area contributed by atoms with Gasteiger partial charge < -0.3 is 5.32 Å². The largest absolute Gasteiger partial charge is 0.315 e. The number of aromatic nitrogens is 2. The van der Waals surface area contributed by atoms with Gasteiger partial charge in [-0.2, -0.15) is 5.10 Å². The van der Waals surface area contributed by atoms with Gasteiger partial charge in [-0.15, -0.1) is 0 Å². The van der Waals surface area contributed by atoms with E-state index in [2.05, 4.69) is 41.2 Å². The van der Waals surface area contributed by atoms with Crippen LogP contribution in [0, 0.1) is 6.92 Å². The lowest BCUT2D eigenvalue weighted by Gasteiger charge is -2.15. The lowest BCUT2D eigenvalue weighted by molar-refractivity contribution is 0.415. The molecule has 0 amide bonds. The van der Waals surface area contributed by atoms with Crippen LogP contribution in [0.5, 0.6) is 0 Å². The first-order chi connectivity index (χ1) is 6.27. The molecule has 0 aromatic carbocycles. The standard InChI is InChI=1S/C10H19N3/c1-4-10(8-11-5-2)13-7-6-9(3)12-13/h6-7,10-11H,4-5,8H2,1-3H3. The molecule has 13 heavy (non-hydrogen) atoms. The predicted octanol–water partition coefficient (Wildman–Crippen LogP) is 1.75. The minimum atomic E-state index is 0.494. The highest BCUT2D eigenvalue weighted by Gasteiger charge is 2.07. The Bertz CT molecular complexity index is 242. The number of hydrogen-bond acceptors (Lipinski definition) is 2. The van der Waals surface area contributed by atoms with Gasteiger partial charge in [0, 0.05) is 12.7 Å². The minimum Gasteiger partial charge on any atom is -0.315 e. The maximum atomic E-state index is 4.41. The Balaban J connectivity index is 2.56. The fraction of sp³-hybridized carbons (Fsp3) is 0.700. The van der Waals surface area contributed by atoms with Crippen molar-refractivity contribution in [3.8, 4) is 0 Å². The monoisotopic (exact) mass is 181 g/mol. The molecule has 0 aliphatic rings. The van der Waals surface area contributed by atoms with Gasteiger partial charge in [-0.3, -0.25) is 4.68 Å². The van der Waals surface area contributed by atoms with Crippen molar-refractivity contribution in [3.05, 3.63) is 18.0 Å². The van der Waals surface area contributed by atoms with Crippen molar-refractivity contribution in [2.45, 2.75) is 33.2 Å². The first kappa shape index (κ1) is 10.3. The van der Waals surface area contributed by atoms with E-state index >= 15 is 0 Å². The SMILES string of the molecule is CCNCC(CC)n1ccc(C)n1. The number of hydrogen-bond donors (Lipinski definition) is 1. The molecule has 1 heterocycles. The third kappa shape index (κ3) is 2.84. The van der Waals surface area contributed by atoms with E-state index in [9.17, 15) is 0 Å². The first-order valence-electron chi connectivity index (χ1n) is 5.00. The molecule has 3 heteroatoms. The van der Waals surface area contributed by atoms with Crippen LogP contribution in [0.3, 0.4) is 0 Å². The van der Waals surface area contributed by atoms with Gasteiger partial charge in [0.25, 0.3) is 0 Å². The van der Waals surface area contributed by atoms with Gasteiger partial charge in [-0.05, 0) is 26.0 Å². The summed E-state index contributed by atoms with van der Waals surface area (Å²) in [5.41, 5.74) is 1.09. The second-order valence-electron chi connectivity index (χ2n) is 3.31. The normalized spacial score (nSPS) is 13.2. The van der Waals surface area contributed by atoms with E-state index in [-0.39, 0.29) is 0 Å². The highest BCUT2D eigenvalue weighted by atomic mass is 15.3. The van der Waals surface area contributed by atoms with Crippen molar-refractivity contribution >= 4 is 0 Å². The summed E-state index contributed by atoms with van der Waals surface area (Å²) >= 11 is 0. The lowest BCUT2D eigenvalue weighted by Crippen LogP contribution is -2.25. The highest BCUT2D eigenvalue weighted by molar-refractivity contribution is 4.96. The van der Waals surface area contributed by atoms with Crippen LogP contribution < -0.4 is 5.32 Å². The van der Waals surface area contributed by atoms with E-state index in [1.807, 2.05) is 6.92 Å². The Kier molecular flexibility index (Phi) is 3.96. The molecule has 0 aliphatic carbocycles. The molecule has 0 aliphatic heterocycles. The summed E-state index contributed by atoms with van der Waals surface area (Å²) in [6.07, 6.45) is 3.18. The Hall–Kier alpha value is -0.830. The van der Waals surface area contributed by atoms with Crippen molar-refractivity contribution in [3.63, 3.8) is 0 Å². The summed E-state index contributed by atoms with van der Waals surface area (Å²) in [4.78, 5) is 0. The number of rotatable bonds is 5. The van der Waals surface area contributed by atoms with E-state index in [4.69, 9.17) is 0 Å². The van der Waals surface area contributed by atoms with E-state index in [0.717, 1.165) is 25.2 Å². The molecule has 1 aromatic heterocycles. The lowest BCUT2D eigenvalue weighted by atomic mass is 10.2. The van der Waals surface area contributed by atoms with Gasteiger partial charge in [0.05, 0.1) is 11.7 Å². The summed E-state index contributed by atoms with van der Waals surface area (Å²) < 4.78 is 2.05. The highest BCUT2D eigenvalue weighted by Crippen LogP contribution is 2.08. The minimum absolute atomic E-state index is 0.494. The molecular formula is C10H19N3. The Morgan fingerprint density at radius 2 is 2.31 bits per heavy atom. The molecule has 0 saturated heterocycles. The van der Waals surface area contributed by atoms with E-state index in [1.165, 1.54) is 0 Å². The molecule has 1 rings (SSSR count). The fourth-order valence-electron chi connectivity index (χ4n) is 1.37. The summed E-state index contributed by atoms with van der Waals surface area (Å²) in [5.74, 6) is 0. The Morgan fingerprint density at radius 1 is 1.54 bits per heavy atom. The van der Waals surface area contributed by atoms with Crippen LogP contribution in [-0.2, 0) is 0 Å². The average Bonchev–Trinajstić information content (AvgIpc) is 2.54. The third-order valence-electron chi connectivity index (χ3n) is 2.22. The molecule has 0 spiro atoms. The van der Waals surface area contributed by atoms with Crippen molar-refractivity contribution in [2.75, 3.05) is 13.1 Å². The number of nitrogens with zero attached hydrogens (tertiary/aromatic N) is 2. The topological polar surface area (TPSA) is 29.9 Å². The maximum Gasteiger partial charge on any atom is 0.0641 e. The first-order valence-corrected chi connectivity index (χ1v) is 5.00. The number of nitrogens with one attached hydrogen (secondary N) is 1. The Labute approximate surface area is 80.1 Å². The van der Waals surface area contributed by atoms with Crippen LogP contribution in [0.4, 0.5) is 0 Å². The van der Waals surface area contributed by atoms with Crippen LogP contribution in [0.1, 0.15) is 32.0 Å². The zero-order valence-corrected chi connectivity index (χ0v) is 8.75. The van der Waals surface area contributed by atoms with Crippen LogP contribution in [0.15, 0.2) is 12.3 Å². The molecule has 3 nitrogen and oxygen atoms in total. The molecule has 0 radical (unpaired) electrons. The quantitative estimate of drug-likeness (QED) is 0.750. The van der Waals surface area contributed by atoms with Crippen molar-refractivity contribution in [1.82, 2.24) is 15.1 Å². The molecule has 1 unspecified atom stereocenters. The summed E-state index contributed by atoms with van der Waals surface area (Å²) in [6.45, 7) is 8.38. The second-order valence-corrected chi connectivity index (χ2v) is 3.31. The smallest absolute Gasteiger partial charge is 0.0641 e. The van der Waals surface area contributed by atoms with Crippen LogP contribution in [0.2, 0.25) is 0 Å². The van der Waals surface area contributed by atoms with Gasteiger partial charge in [0.15, 0.2) is 0 Å². The van der Waals surface area contributed by atoms with Crippen LogP contribution in [-0.4, -0.2) is 22.9 Å². The van der Waals surface area contributed by atoms with E-state index in [0.29, 0.717) is 6.04 Å². The third-order valence-corrected chi connectivity index (χ3v) is 2.22. The second kappa shape index (κ2) is 5.02. The summed E-state index contributed by atoms with van der Waals surface area (Å²) in [5, 5.41) is 7.76. The molecule has 1 N–H and O–H groups in total. The van der Waals surface area contributed by atoms with Gasteiger partial charge in [-0.1, -0.05) is 13.8 Å². The van der Waals surface area contributed by atoms with E-state index < -0.39 is 0 Å². The zero-order valence-electron chi connectivity index (χ0n) is 8.75. The fourth-order valence-corrected chi connectivity index (χ4v) is 1.37. The van der Waals surface area contributed by atoms with Crippen LogP contribution in [0.25, 0.3) is 0 Å². The molecule has 1 aromatic rings.